The van der Waals surface area contributed by atoms with E-state index in [-0.39, 0.29) is 40.9 Å². The van der Waals surface area contributed by atoms with Gasteiger partial charge in [-0.25, -0.2) is 18.7 Å². The van der Waals surface area contributed by atoms with Crippen LogP contribution in [-0.2, 0) is 33.3 Å². The van der Waals surface area contributed by atoms with Crippen LogP contribution in [0, 0.1) is 11.6 Å². The summed E-state index contributed by atoms with van der Waals surface area (Å²) in [5.74, 6) is -0.329. The molecule has 0 aliphatic heterocycles. The van der Waals surface area contributed by atoms with Crippen LogP contribution in [0.5, 0.6) is 0 Å². The molecule has 0 bridgehead atoms. The SMILES string of the molecule is CC(=O)c1ccc(CCCC(=O)NCC(C)(C)c2coc(-c3ccc(F)cc3)n2)s1.CC(=O)c1ccc(CCCC(=O)O)s1.CC(C)(CN)c1coc(-c2ccc(F)cc2)n1. The van der Waals surface area contributed by atoms with Gasteiger partial charge in [-0.15, -0.1) is 22.7 Å². The summed E-state index contributed by atoms with van der Waals surface area (Å²) in [5.41, 5.74) is 8.02. The maximum absolute atomic E-state index is 13.1. The second kappa shape index (κ2) is 22.3. The number of nitrogens with zero attached hydrogens (tertiary/aromatic N) is 2. The minimum atomic E-state index is -0.770. The molecular formula is C46H52F2N4O7S2. The number of carboxylic acids is 1. The molecule has 324 valence electrons. The van der Waals surface area contributed by atoms with Crippen molar-refractivity contribution in [1.82, 2.24) is 15.3 Å². The smallest absolute Gasteiger partial charge is 0.303 e. The Morgan fingerprint density at radius 3 is 1.49 bits per heavy atom. The van der Waals surface area contributed by atoms with Gasteiger partial charge in [0.25, 0.3) is 0 Å². The molecule has 0 spiro atoms. The van der Waals surface area contributed by atoms with Crippen LogP contribution < -0.4 is 11.1 Å². The molecule has 1 amide bonds. The minimum Gasteiger partial charge on any atom is -0.481 e. The number of aromatic nitrogens is 2. The molecule has 4 heterocycles. The zero-order valence-electron chi connectivity index (χ0n) is 35.2. The van der Waals surface area contributed by atoms with Gasteiger partial charge in [-0.05, 0) is 112 Å². The lowest BCUT2D eigenvalue weighted by Crippen LogP contribution is -2.36. The number of ketones is 2. The van der Waals surface area contributed by atoms with Crippen LogP contribution in [0.25, 0.3) is 22.9 Å². The fourth-order valence-electron chi connectivity index (χ4n) is 5.46. The standard InChI is InChI=1S/C23H25FN2O3S.C13H15FN2O.C10H12O3S/c1-15(27)19-12-11-18(30-19)5-4-6-21(28)25-14-23(2,3)20-13-29-22(26-20)16-7-9-17(24)10-8-16;1-13(2,8-15)11-7-17-12(16-11)9-3-5-10(14)6-4-9;1-7(11)9-6-5-8(14-9)3-2-4-10(12)13/h7-13H,4-6,14H2,1-3H3,(H,25,28);3-7H,8,15H2,1-2H3;5-6H,2-4H2,1H3,(H,12,13). The molecule has 2 aromatic carbocycles. The first-order chi connectivity index (χ1) is 28.9. The van der Waals surface area contributed by atoms with Gasteiger partial charge in [-0.1, -0.05) is 27.7 Å². The number of halogens is 2. The molecule has 0 fully saturated rings. The molecule has 0 aliphatic carbocycles. The zero-order valence-corrected chi connectivity index (χ0v) is 36.8. The normalized spacial score (nSPS) is 11.2. The van der Waals surface area contributed by atoms with Gasteiger partial charge in [0, 0.05) is 57.6 Å². The van der Waals surface area contributed by atoms with Crippen molar-refractivity contribution in [3.8, 4) is 22.9 Å². The van der Waals surface area contributed by atoms with Crippen molar-refractivity contribution in [3.63, 3.8) is 0 Å². The predicted octanol–water partition coefficient (Wildman–Crippen LogP) is 10.2. The Bertz CT molecular complexity index is 2360. The number of carbonyl (C=O) groups is 4. The number of hydrogen-bond donors (Lipinski definition) is 3. The van der Waals surface area contributed by atoms with Crippen LogP contribution in [0.4, 0.5) is 8.78 Å². The van der Waals surface area contributed by atoms with Crippen molar-refractivity contribution in [2.75, 3.05) is 13.1 Å². The van der Waals surface area contributed by atoms with Crippen molar-refractivity contribution in [2.45, 2.75) is 90.9 Å². The molecule has 6 rings (SSSR count). The van der Waals surface area contributed by atoms with Crippen molar-refractivity contribution in [2.24, 2.45) is 5.73 Å². The van der Waals surface area contributed by atoms with Gasteiger partial charge in [0.2, 0.25) is 17.7 Å². The van der Waals surface area contributed by atoms with Gasteiger partial charge in [0.15, 0.2) is 11.6 Å². The number of oxazole rings is 2. The number of aliphatic carboxylic acids is 1. The van der Waals surface area contributed by atoms with Gasteiger partial charge in [-0.3, -0.25) is 19.2 Å². The Morgan fingerprint density at radius 1 is 0.672 bits per heavy atom. The summed E-state index contributed by atoms with van der Waals surface area (Å²) in [5, 5.41) is 11.4. The first kappa shape index (κ1) is 48.0. The van der Waals surface area contributed by atoms with Gasteiger partial charge in [-0.2, -0.15) is 0 Å². The molecule has 61 heavy (non-hydrogen) atoms. The van der Waals surface area contributed by atoms with Crippen LogP contribution >= 0.6 is 22.7 Å². The minimum absolute atomic E-state index is 0.0197. The van der Waals surface area contributed by atoms with E-state index < -0.39 is 11.4 Å². The van der Waals surface area contributed by atoms with Crippen molar-refractivity contribution in [3.05, 3.63) is 128 Å². The van der Waals surface area contributed by atoms with Crippen molar-refractivity contribution < 1.29 is 41.9 Å². The van der Waals surface area contributed by atoms with Crippen molar-refractivity contribution >= 4 is 46.1 Å². The van der Waals surface area contributed by atoms with Crippen LogP contribution in [0.3, 0.4) is 0 Å². The third kappa shape index (κ3) is 15.1. The zero-order chi connectivity index (χ0) is 44.7. The number of carbonyl (C=O) groups excluding carboxylic acids is 3. The summed E-state index contributed by atoms with van der Waals surface area (Å²) in [6.07, 6.45) is 6.66. The largest absolute Gasteiger partial charge is 0.481 e. The Labute approximate surface area is 362 Å². The average Bonchev–Trinajstić information content (AvgIpc) is 4.06. The van der Waals surface area contributed by atoms with E-state index in [1.165, 1.54) is 53.9 Å². The number of aryl methyl sites for hydroxylation is 2. The monoisotopic (exact) mass is 874 g/mol. The number of amides is 1. The van der Waals surface area contributed by atoms with Gasteiger partial charge in [0.1, 0.15) is 24.2 Å². The second-order valence-corrected chi connectivity index (χ2v) is 17.9. The number of Topliss-reactive ketones (excluding diaryl/α,β-unsaturated/α-hetero) is 2. The van der Waals surface area contributed by atoms with Crippen LogP contribution in [-0.4, -0.2) is 51.6 Å². The van der Waals surface area contributed by atoms with Gasteiger partial charge in [0.05, 0.1) is 21.1 Å². The van der Waals surface area contributed by atoms with Crippen molar-refractivity contribution in [1.29, 1.82) is 0 Å². The van der Waals surface area contributed by atoms with E-state index in [1.54, 1.807) is 49.8 Å². The lowest BCUT2D eigenvalue weighted by molar-refractivity contribution is -0.137. The summed E-state index contributed by atoms with van der Waals surface area (Å²) in [6.45, 7) is 12.0. The molecule has 11 nitrogen and oxygen atoms in total. The summed E-state index contributed by atoms with van der Waals surface area (Å²) < 4.78 is 36.8. The van der Waals surface area contributed by atoms with E-state index in [9.17, 15) is 28.0 Å². The first-order valence-electron chi connectivity index (χ1n) is 19.7. The van der Waals surface area contributed by atoms with E-state index in [1.807, 2.05) is 45.9 Å². The quantitative estimate of drug-likeness (QED) is 0.0747. The maximum Gasteiger partial charge on any atom is 0.303 e. The Kier molecular flexibility index (Phi) is 17.5. The van der Waals surface area contributed by atoms with E-state index in [0.717, 1.165) is 55.7 Å². The molecule has 0 radical (unpaired) electrons. The molecule has 4 aromatic heterocycles. The Hall–Kier alpha value is -5.64. The van der Waals surface area contributed by atoms with E-state index >= 15 is 0 Å². The summed E-state index contributed by atoms with van der Waals surface area (Å²) in [6, 6.07) is 19.5. The number of carboxylic acid groups (broad SMARTS) is 1. The lowest BCUT2D eigenvalue weighted by atomic mass is 9.90. The Balaban J connectivity index is 0.000000223. The lowest BCUT2D eigenvalue weighted by Gasteiger charge is -2.22. The summed E-state index contributed by atoms with van der Waals surface area (Å²) in [7, 11) is 0. The van der Waals surface area contributed by atoms with Crippen LogP contribution in [0.2, 0.25) is 0 Å². The number of benzene rings is 2. The molecular weight excluding hydrogens is 823 g/mol. The molecule has 0 saturated carbocycles. The molecule has 0 atom stereocenters. The summed E-state index contributed by atoms with van der Waals surface area (Å²) in [4.78, 5) is 57.4. The molecule has 6 aromatic rings. The highest BCUT2D eigenvalue weighted by atomic mass is 32.1. The fraction of sp³-hybridized carbons (Fsp3) is 0.348. The van der Waals surface area contributed by atoms with Crippen LogP contribution in [0.15, 0.2) is 94.2 Å². The molecule has 15 heteroatoms. The molecule has 0 unspecified atom stereocenters. The number of hydrogen-bond acceptors (Lipinski definition) is 11. The number of rotatable bonds is 17. The summed E-state index contributed by atoms with van der Waals surface area (Å²) >= 11 is 2.94. The van der Waals surface area contributed by atoms with E-state index in [4.69, 9.17) is 19.7 Å². The highest BCUT2D eigenvalue weighted by Gasteiger charge is 2.26. The number of thiophene rings is 2. The average molecular weight is 875 g/mol. The number of nitrogens with one attached hydrogen (secondary N) is 1. The highest BCUT2D eigenvalue weighted by Crippen LogP contribution is 2.28. The third-order valence-corrected chi connectivity index (χ3v) is 12.0. The number of nitrogens with two attached hydrogens (primary N) is 1. The van der Waals surface area contributed by atoms with E-state index in [2.05, 4.69) is 15.3 Å². The van der Waals surface area contributed by atoms with Gasteiger partial charge < -0.3 is 25.0 Å². The predicted molar refractivity (Wildman–Crippen MR) is 234 cm³/mol. The molecule has 0 saturated heterocycles. The van der Waals surface area contributed by atoms with E-state index in [0.29, 0.717) is 43.3 Å². The topological polar surface area (TPSA) is 179 Å². The van der Waals surface area contributed by atoms with Gasteiger partial charge >= 0.3 is 5.97 Å². The molecule has 0 aliphatic rings. The van der Waals surface area contributed by atoms with Crippen LogP contribution in [0.1, 0.15) is 108 Å². The highest BCUT2D eigenvalue weighted by molar-refractivity contribution is 7.14. The molecule has 4 N–H and O–H groups in total. The fourth-order valence-corrected chi connectivity index (χ4v) is 7.35. The first-order valence-corrected chi connectivity index (χ1v) is 21.3. The second-order valence-electron chi connectivity index (χ2n) is 15.6. The Morgan fingerprint density at radius 2 is 1.10 bits per heavy atom. The third-order valence-electron chi connectivity index (χ3n) is 9.47. The maximum atomic E-state index is 13.1.